The third kappa shape index (κ3) is 2.56. The number of benzene rings is 1. The maximum atomic E-state index is 14.2. The number of rotatable bonds is 4. The fourth-order valence-corrected chi connectivity index (χ4v) is 4.14. The molecule has 0 heterocycles. The quantitative estimate of drug-likeness (QED) is 0.906. The van der Waals surface area contributed by atoms with E-state index in [2.05, 4.69) is 0 Å². The van der Waals surface area contributed by atoms with Crippen LogP contribution in [0.15, 0.2) is 18.2 Å². The Hall–Kier alpha value is -1.09. The van der Waals surface area contributed by atoms with Gasteiger partial charge in [-0.25, -0.2) is 4.39 Å². The standard InChI is InChI=1S/C17H24FNO/c1-11(20)13-5-6-17(16(18)9-13)19(2)10-15-8-12-3-4-14(15)7-12/h5-6,9,11-12,14-15,20H,3-4,7-8,10H2,1-2H3/t11-,12?,14?,15?/m0/s1. The normalized spacial score (nSPS) is 29.7. The first-order chi connectivity index (χ1) is 9.54. The predicted octanol–water partition coefficient (Wildman–Crippen LogP) is 3.75. The van der Waals surface area contributed by atoms with Crippen molar-refractivity contribution in [2.24, 2.45) is 17.8 Å². The van der Waals surface area contributed by atoms with Crippen molar-refractivity contribution in [3.63, 3.8) is 0 Å². The zero-order valence-corrected chi connectivity index (χ0v) is 12.3. The summed E-state index contributed by atoms with van der Waals surface area (Å²) in [5, 5.41) is 9.50. The molecule has 3 unspecified atom stereocenters. The van der Waals surface area contributed by atoms with Gasteiger partial charge in [-0.15, -0.1) is 0 Å². The number of nitrogens with zero attached hydrogens (tertiary/aromatic N) is 1. The molecule has 0 aromatic heterocycles. The van der Waals surface area contributed by atoms with E-state index in [0.29, 0.717) is 11.3 Å². The molecule has 0 aliphatic heterocycles. The highest BCUT2D eigenvalue weighted by atomic mass is 19.1. The topological polar surface area (TPSA) is 23.5 Å². The largest absolute Gasteiger partial charge is 0.389 e. The van der Waals surface area contributed by atoms with E-state index < -0.39 is 6.10 Å². The molecule has 1 aromatic rings. The maximum Gasteiger partial charge on any atom is 0.146 e. The van der Waals surface area contributed by atoms with Gasteiger partial charge in [0.2, 0.25) is 0 Å². The molecule has 4 atom stereocenters. The second-order valence-electron chi connectivity index (χ2n) is 6.70. The van der Waals surface area contributed by atoms with Crippen LogP contribution in [0.5, 0.6) is 0 Å². The van der Waals surface area contributed by atoms with Crippen molar-refractivity contribution in [3.8, 4) is 0 Å². The van der Waals surface area contributed by atoms with Gasteiger partial charge in [-0.1, -0.05) is 12.5 Å². The van der Waals surface area contributed by atoms with Crippen LogP contribution in [-0.4, -0.2) is 18.7 Å². The summed E-state index contributed by atoms with van der Waals surface area (Å²) < 4.78 is 14.2. The van der Waals surface area contributed by atoms with Crippen LogP contribution in [0.3, 0.4) is 0 Å². The molecule has 20 heavy (non-hydrogen) atoms. The lowest BCUT2D eigenvalue weighted by atomic mass is 9.88. The van der Waals surface area contributed by atoms with Crippen LogP contribution in [0.1, 0.15) is 44.3 Å². The number of hydrogen-bond acceptors (Lipinski definition) is 2. The van der Waals surface area contributed by atoms with Gasteiger partial charge in [0.1, 0.15) is 5.82 Å². The van der Waals surface area contributed by atoms with E-state index in [1.807, 2.05) is 18.0 Å². The number of hydrogen-bond donors (Lipinski definition) is 1. The van der Waals surface area contributed by atoms with Gasteiger partial charge in [0, 0.05) is 13.6 Å². The summed E-state index contributed by atoms with van der Waals surface area (Å²) >= 11 is 0. The molecule has 2 fully saturated rings. The Kier molecular flexibility index (Phi) is 3.72. The van der Waals surface area contributed by atoms with E-state index in [-0.39, 0.29) is 5.82 Å². The zero-order chi connectivity index (χ0) is 14.3. The van der Waals surface area contributed by atoms with Gasteiger partial charge in [0.05, 0.1) is 11.8 Å². The Balaban J connectivity index is 1.69. The summed E-state index contributed by atoms with van der Waals surface area (Å²) in [6.45, 7) is 2.61. The van der Waals surface area contributed by atoms with Crippen molar-refractivity contribution in [2.45, 2.75) is 38.7 Å². The fraction of sp³-hybridized carbons (Fsp3) is 0.647. The SMILES string of the molecule is C[C@H](O)c1ccc(N(C)CC2CC3CCC2C3)c(F)c1. The van der Waals surface area contributed by atoms with Crippen molar-refractivity contribution in [1.29, 1.82) is 0 Å². The second-order valence-corrected chi connectivity index (χ2v) is 6.70. The first kappa shape index (κ1) is 13.9. The minimum Gasteiger partial charge on any atom is -0.389 e. The van der Waals surface area contributed by atoms with Gasteiger partial charge in [-0.05, 0) is 61.6 Å². The van der Waals surface area contributed by atoms with Crippen LogP contribution in [0.2, 0.25) is 0 Å². The monoisotopic (exact) mass is 277 g/mol. The zero-order valence-electron chi connectivity index (χ0n) is 12.3. The Morgan fingerprint density at radius 2 is 2.15 bits per heavy atom. The number of aliphatic hydroxyl groups is 1. The molecule has 1 N–H and O–H groups in total. The molecule has 2 aliphatic carbocycles. The summed E-state index contributed by atoms with van der Waals surface area (Å²) in [7, 11) is 1.98. The smallest absolute Gasteiger partial charge is 0.146 e. The maximum absolute atomic E-state index is 14.2. The average Bonchev–Trinajstić information content (AvgIpc) is 3.00. The second kappa shape index (κ2) is 5.36. The highest BCUT2D eigenvalue weighted by Crippen LogP contribution is 2.48. The third-order valence-electron chi connectivity index (χ3n) is 5.26. The average molecular weight is 277 g/mol. The summed E-state index contributed by atoms with van der Waals surface area (Å²) in [5.74, 6) is 2.30. The van der Waals surface area contributed by atoms with Crippen molar-refractivity contribution in [1.82, 2.24) is 0 Å². The van der Waals surface area contributed by atoms with E-state index in [0.717, 1.165) is 24.3 Å². The van der Waals surface area contributed by atoms with E-state index in [1.54, 1.807) is 13.0 Å². The van der Waals surface area contributed by atoms with Crippen molar-refractivity contribution in [2.75, 3.05) is 18.5 Å². The molecular weight excluding hydrogens is 253 g/mol. The van der Waals surface area contributed by atoms with Crippen LogP contribution < -0.4 is 4.90 Å². The molecule has 0 radical (unpaired) electrons. The third-order valence-corrected chi connectivity index (χ3v) is 5.26. The Morgan fingerprint density at radius 3 is 2.70 bits per heavy atom. The minimum atomic E-state index is -0.616. The Labute approximate surface area is 120 Å². The van der Waals surface area contributed by atoms with Gasteiger partial charge in [0.25, 0.3) is 0 Å². The van der Waals surface area contributed by atoms with Crippen LogP contribution in [-0.2, 0) is 0 Å². The highest BCUT2D eigenvalue weighted by molar-refractivity contribution is 5.49. The van der Waals surface area contributed by atoms with Gasteiger partial charge in [0.15, 0.2) is 0 Å². The van der Waals surface area contributed by atoms with Gasteiger partial charge in [-0.3, -0.25) is 0 Å². The number of anilines is 1. The lowest BCUT2D eigenvalue weighted by Gasteiger charge is -2.29. The summed E-state index contributed by atoms with van der Waals surface area (Å²) in [4.78, 5) is 2.05. The van der Waals surface area contributed by atoms with Crippen LogP contribution in [0, 0.1) is 23.6 Å². The van der Waals surface area contributed by atoms with E-state index in [1.165, 1.54) is 31.7 Å². The lowest BCUT2D eigenvalue weighted by molar-refractivity contribution is 0.199. The molecule has 2 nitrogen and oxygen atoms in total. The molecule has 110 valence electrons. The minimum absolute atomic E-state index is 0.228. The number of fused-ring (bicyclic) bond motifs is 2. The first-order valence-electron chi connectivity index (χ1n) is 7.73. The van der Waals surface area contributed by atoms with Crippen LogP contribution >= 0.6 is 0 Å². The van der Waals surface area contributed by atoms with Crippen LogP contribution in [0.25, 0.3) is 0 Å². The molecule has 0 amide bonds. The lowest BCUT2D eigenvalue weighted by Crippen LogP contribution is -2.29. The van der Waals surface area contributed by atoms with E-state index in [4.69, 9.17) is 0 Å². The molecule has 0 saturated heterocycles. The van der Waals surface area contributed by atoms with E-state index >= 15 is 0 Å². The summed E-state index contributed by atoms with van der Waals surface area (Å²) in [6.07, 6.45) is 4.87. The summed E-state index contributed by atoms with van der Waals surface area (Å²) in [6, 6.07) is 5.07. The molecule has 0 spiro atoms. The molecule has 3 heteroatoms. The van der Waals surface area contributed by atoms with E-state index in [9.17, 15) is 9.50 Å². The van der Waals surface area contributed by atoms with Crippen molar-refractivity contribution >= 4 is 5.69 Å². The highest BCUT2D eigenvalue weighted by Gasteiger charge is 2.39. The molecule has 2 bridgehead atoms. The first-order valence-corrected chi connectivity index (χ1v) is 7.73. The Bertz CT molecular complexity index is 488. The fourth-order valence-electron chi connectivity index (χ4n) is 4.14. The summed E-state index contributed by atoms with van der Waals surface area (Å²) in [5.41, 5.74) is 1.29. The predicted molar refractivity (Wildman–Crippen MR) is 79.2 cm³/mol. The molecule has 2 saturated carbocycles. The number of halogens is 1. The van der Waals surface area contributed by atoms with Gasteiger partial charge >= 0.3 is 0 Å². The van der Waals surface area contributed by atoms with Crippen molar-refractivity contribution < 1.29 is 9.50 Å². The van der Waals surface area contributed by atoms with Crippen LogP contribution in [0.4, 0.5) is 10.1 Å². The molecule has 1 aromatic carbocycles. The number of aliphatic hydroxyl groups excluding tert-OH is 1. The molecular formula is C17H24FNO. The molecule has 3 rings (SSSR count). The van der Waals surface area contributed by atoms with Crippen molar-refractivity contribution in [3.05, 3.63) is 29.6 Å². The van der Waals surface area contributed by atoms with Gasteiger partial charge in [-0.2, -0.15) is 0 Å². The molecule has 2 aliphatic rings. The van der Waals surface area contributed by atoms with Gasteiger partial charge < -0.3 is 10.0 Å². The Morgan fingerprint density at radius 1 is 1.35 bits per heavy atom.